The molecule has 0 saturated carbocycles. The number of carboxylic acids is 1. The standard InChI is InChI=1S/C17H18O2/c1-12-5-3-4-6-15(12)16-9-7-14(11-13(16)2)8-10-17(18)19/h3-7,9,11H,8,10H2,1-2H3,(H,18,19). The van der Waals surface area contributed by atoms with Crippen LogP contribution in [0.1, 0.15) is 23.1 Å². The van der Waals surface area contributed by atoms with E-state index in [0.29, 0.717) is 6.42 Å². The summed E-state index contributed by atoms with van der Waals surface area (Å²) >= 11 is 0. The van der Waals surface area contributed by atoms with Crippen molar-refractivity contribution in [2.45, 2.75) is 26.7 Å². The summed E-state index contributed by atoms with van der Waals surface area (Å²) in [4.78, 5) is 10.6. The first-order valence-corrected chi connectivity index (χ1v) is 6.45. The van der Waals surface area contributed by atoms with Gasteiger partial charge in [-0.05, 0) is 48.1 Å². The molecule has 0 aliphatic rings. The lowest BCUT2D eigenvalue weighted by Gasteiger charge is -2.11. The van der Waals surface area contributed by atoms with Gasteiger partial charge in [0, 0.05) is 6.42 Å². The molecule has 0 fully saturated rings. The van der Waals surface area contributed by atoms with Gasteiger partial charge in [-0.2, -0.15) is 0 Å². The third kappa shape index (κ3) is 3.22. The Hall–Kier alpha value is -2.09. The lowest BCUT2D eigenvalue weighted by Crippen LogP contribution is -1.98. The molecule has 0 atom stereocenters. The minimum absolute atomic E-state index is 0.184. The molecule has 0 heterocycles. The summed E-state index contributed by atoms with van der Waals surface area (Å²) in [5.74, 6) is -0.749. The molecule has 2 heteroatoms. The third-order valence-corrected chi connectivity index (χ3v) is 3.35. The van der Waals surface area contributed by atoms with Gasteiger partial charge in [-0.1, -0.05) is 42.5 Å². The highest BCUT2D eigenvalue weighted by Crippen LogP contribution is 2.27. The van der Waals surface area contributed by atoms with Gasteiger partial charge in [0.05, 0.1) is 0 Å². The number of aryl methyl sites for hydroxylation is 3. The van der Waals surface area contributed by atoms with E-state index < -0.39 is 5.97 Å². The maximum absolute atomic E-state index is 10.6. The molecule has 0 bridgehead atoms. The Kier molecular flexibility index (Phi) is 4.00. The SMILES string of the molecule is Cc1ccccc1-c1ccc(CCC(=O)O)cc1C. The average molecular weight is 254 g/mol. The molecule has 98 valence electrons. The summed E-state index contributed by atoms with van der Waals surface area (Å²) in [5.41, 5.74) is 5.99. The Morgan fingerprint density at radius 1 is 1.00 bits per heavy atom. The Bertz CT molecular complexity index is 600. The molecule has 2 rings (SSSR count). The first kappa shape index (κ1) is 13.3. The van der Waals surface area contributed by atoms with E-state index >= 15 is 0 Å². The van der Waals surface area contributed by atoms with Crippen molar-refractivity contribution in [2.24, 2.45) is 0 Å². The second-order valence-electron chi connectivity index (χ2n) is 4.86. The molecule has 0 radical (unpaired) electrons. The van der Waals surface area contributed by atoms with E-state index in [-0.39, 0.29) is 6.42 Å². The topological polar surface area (TPSA) is 37.3 Å². The highest BCUT2D eigenvalue weighted by molar-refractivity contribution is 5.71. The molecular weight excluding hydrogens is 236 g/mol. The van der Waals surface area contributed by atoms with Gasteiger partial charge in [0.15, 0.2) is 0 Å². The van der Waals surface area contributed by atoms with Crippen LogP contribution < -0.4 is 0 Å². The van der Waals surface area contributed by atoms with E-state index in [1.807, 2.05) is 18.2 Å². The van der Waals surface area contributed by atoms with Gasteiger partial charge < -0.3 is 5.11 Å². The molecule has 0 aliphatic carbocycles. The van der Waals surface area contributed by atoms with Crippen molar-refractivity contribution in [3.05, 3.63) is 59.2 Å². The molecule has 0 unspecified atom stereocenters. The van der Waals surface area contributed by atoms with Gasteiger partial charge >= 0.3 is 5.97 Å². The van der Waals surface area contributed by atoms with Crippen LogP contribution >= 0.6 is 0 Å². The molecule has 0 saturated heterocycles. The zero-order valence-corrected chi connectivity index (χ0v) is 11.3. The van der Waals surface area contributed by atoms with Crippen molar-refractivity contribution < 1.29 is 9.90 Å². The van der Waals surface area contributed by atoms with Crippen molar-refractivity contribution >= 4 is 5.97 Å². The molecule has 1 N–H and O–H groups in total. The van der Waals surface area contributed by atoms with Crippen LogP contribution in [-0.4, -0.2) is 11.1 Å². The quantitative estimate of drug-likeness (QED) is 0.895. The monoisotopic (exact) mass is 254 g/mol. The number of aliphatic carboxylic acids is 1. The molecule has 2 aromatic carbocycles. The first-order chi connectivity index (χ1) is 9.08. The van der Waals surface area contributed by atoms with Crippen molar-refractivity contribution in [1.29, 1.82) is 0 Å². The lowest BCUT2D eigenvalue weighted by atomic mass is 9.94. The van der Waals surface area contributed by atoms with Gasteiger partial charge in [0.1, 0.15) is 0 Å². The van der Waals surface area contributed by atoms with Crippen LogP contribution in [0, 0.1) is 13.8 Å². The largest absolute Gasteiger partial charge is 0.481 e. The van der Waals surface area contributed by atoms with Crippen LogP contribution in [0.2, 0.25) is 0 Å². The number of rotatable bonds is 4. The summed E-state index contributed by atoms with van der Waals surface area (Å²) in [6, 6.07) is 14.5. The molecule has 0 aromatic heterocycles. The van der Waals surface area contributed by atoms with E-state index in [9.17, 15) is 4.79 Å². The second kappa shape index (κ2) is 5.70. The third-order valence-electron chi connectivity index (χ3n) is 3.35. The molecule has 2 aromatic rings. The average Bonchev–Trinajstić information content (AvgIpc) is 2.38. The number of hydrogen-bond donors (Lipinski definition) is 1. The van der Waals surface area contributed by atoms with Gasteiger partial charge in [0.25, 0.3) is 0 Å². The fourth-order valence-electron chi connectivity index (χ4n) is 2.31. The summed E-state index contributed by atoms with van der Waals surface area (Å²) < 4.78 is 0. The van der Waals surface area contributed by atoms with E-state index in [0.717, 1.165) is 5.56 Å². The smallest absolute Gasteiger partial charge is 0.303 e. The zero-order valence-electron chi connectivity index (χ0n) is 11.3. The molecule has 0 aliphatic heterocycles. The minimum atomic E-state index is -0.749. The molecule has 0 amide bonds. The Balaban J connectivity index is 2.30. The van der Waals surface area contributed by atoms with Crippen LogP contribution in [-0.2, 0) is 11.2 Å². The number of benzene rings is 2. The normalized spacial score (nSPS) is 10.4. The van der Waals surface area contributed by atoms with Crippen LogP contribution in [0.4, 0.5) is 0 Å². The fourth-order valence-corrected chi connectivity index (χ4v) is 2.31. The summed E-state index contributed by atoms with van der Waals surface area (Å²) in [6.45, 7) is 4.18. The van der Waals surface area contributed by atoms with Crippen molar-refractivity contribution in [3.63, 3.8) is 0 Å². The maximum atomic E-state index is 10.6. The number of carboxylic acid groups (broad SMARTS) is 1. The number of carbonyl (C=O) groups is 1. The Morgan fingerprint density at radius 2 is 1.68 bits per heavy atom. The fraction of sp³-hybridized carbons (Fsp3) is 0.235. The molecule has 19 heavy (non-hydrogen) atoms. The van der Waals surface area contributed by atoms with Gasteiger partial charge in [-0.15, -0.1) is 0 Å². The van der Waals surface area contributed by atoms with Gasteiger partial charge in [-0.3, -0.25) is 4.79 Å². The molecule has 2 nitrogen and oxygen atoms in total. The predicted molar refractivity (Wildman–Crippen MR) is 77.3 cm³/mol. The number of hydrogen-bond acceptors (Lipinski definition) is 1. The van der Waals surface area contributed by atoms with Gasteiger partial charge in [-0.25, -0.2) is 0 Å². The zero-order chi connectivity index (χ0) is 13.8. The summed E-state index contributed by atoms with van der Waals surface area (Å²) in [5, 5.41) is 8.71. The van der Waals surface area contributed by atoms with Crippen molar-refractivity contribution in [3.8, 4) is 11.1 Å². The maximum Gasteiger partial charge on any atom is 0.303 e. The van der Waals surface area contributed by atoms with Crippen molar-refractivity contribution in [2.75, 3.05) is 0 Å². The Morgan fingerprint density at radius 3 is 2.32 bits per heavy atom. The van der Waals surface area contributed by atoms with Crippen LogP contribution in [0.3, 0.4) is 0 Å². The van der Waals surface area contributed by atoms with E-state index in [4.69, 9.17) is 5.11 Å². The second-order valence-corrected chi connectivity index (χ2v) is 4.86. The van der Waals surface area contributed by atoms with Crippen LogP contribution in [0.15, 0.2) is 42.5 Å². The van der Waals surface area contributed by atoms with E-state index in [1.54, 1.807) is 0 Å². The molecular formula is C17H18O2. The predicted octanol–water partition coefficient (Wildman–Crippen LogP) is 3.99. The highest BCUT2D eigenvalue weighted by Gasteiger charge is 2.06. The molecule has 0 spiro atoms. The van der Waals surface area contributed by atoms with Crippen molar-refractivity contribution in [1.82, 2.24) is 0 Å². The van der Waals surface area contributed by atoms with Crippen LogP contribution in [0.5, 0.6) is 0 Å². The highest BCUT2D eigenvalue weighted by atomic mass is 16.4. The first-order valence-electron chi connectivity index (χ1n) is 6.45. The van der Waals surface area contributed by atoms with Crippen LogP contribution in [0.25, 0.3) is 11.1 Å². The lowest BCUT2D eigenvalue weighted by molar-refractivity contribution is -0.136. The minimum Gasteiger partial charge on any atom is -0.481 e. The summed E-state index contributed by atoms with van der Waals surface area (Å²) in [7, 11) is 0. The summed E-state index contributed by atoms with van der Waals surface area (Å²) in [6.07, 6.45) is 0.771. The van der Waals surface area contributed by atoms with E-state index in [2.05, 4.69) is 38.1 Å². The van der Waals surface area contributed by atoms with Gasteiger partial charge in [0.2, 0.25) is 0 Å². The Labute approximate surface area is 113 Å². The van der Waals surface area contributed by atoms with E-state index in [1.165, 1.54) is 22.3 Å².